The van der Waals surface area contributed by atoms with Crippen LogP contribution in [-0.4, -0.2) is 6.29 Å². The molecule has 0 aromatic heterocycles. The van der Waals surface area contributed by atoms with Crippen LogP contribution in [0.5, 0.6) is 0 Å². The van der Waals surface area contributed by atoms with Gasteiger partial charge in [-0.25, -0.2) is 0 Å². The molecule has 1 aliphatic carbocycles. The molecule has 0 saturated heterocycles. The summed E-state index contributed by atoms with van der Waals surface area (Å²) < 4.78 is 0. The number of benzene rings is 1. The standard InChI is InChI=1S/C17H24O/c18-14-17-13-7-6-12-16(17)11-5-4-10-15-8-2-1-3-9-15/h6-7,12-15H,1-5,8-11H2. The molecular weight excluding hydrogens is 220 g/mol. The lowest BCUT2D eigenvalue weighted by molar-refractivity contribution is 0.112. The molecule has 0 spiro atoms. The number of rotatable bonds is 6. The molecule has 0 radical (unpaired) electrons. The summed E-state index contributed by atoms with van der Waals surface area (Å²) in [6.07, 6.45) is 13.2. The minimum atomic E-state index is 0.871. The second-order valence-electron chi connectivity index (χ2n) is 5.57. The van der Waals surface area contributed by atoms with Gasteiger partial charge in [0.1, 0.15) is 6.29 Å². The molecule has 1 aromatic carbocycles. The van der Waals surface area contributed by atoms with Crippen molar-refractivity contribution in [1.29, 1.82) is 0 Å². The van der Waals surface area contributed by atoms with Gasteiger partial charge in [-0.2, -0.15) is 0 Å². The van der Waals surface area contributed by atoms with E-state index in [1.807, 2.05) is 18.2 Å². The lowest BCUT2D eigenvalue weighted by atomic mass is 9.85. The molecule has 0 aliphatic heterocycles. The Morgan fingerprint density at radius 3 is 2.61 bits per heavy atom. The van der Waals surface area contributed by atoms with Gasteiger partial charge in [0.05, 0.1) is 0 Å². The third-order valence-electron chi connectivity index (χ3n) is 4.22. The summed E-state index contributed by atoms with van der Waals surface area (Å²) in [6.45, 7) is 0. The lowest BCUT2D eigenvalue weighted by Gasteiger charge is -2.21. The van der Waals surface area contributed by atoms with Crippen molar-refractivity contribution < 1.29 is 4.79 Å². The minimum Gasteiger partial charge on any atom is -0.298 e. The van der Waals surface area contributed by atoms with Crippen LogP contribution in [-0.2, 0) is 6.42 Å². The average molecular weight is 244 g/mol. The zero-order valence-corrected chi connectivity index (χ0v) is 11.2. The first-order valence-electron chi connectivity index (χ1n) is 7.43. The number of hydrogen-bond donors (Lipinski definition) is 0. The van der Waals surface area contributed by atoms with E-state index in [0.29, 0.717) is 0 Å². The van der Waals surface area contributed by atoms with E-state index in [-0.39, 0.29) is 0 Å². The zero-order valence-electron chi connectivity index (χ0n) is 11.2. The summed E-state index contributed by atoms with van der Waals surface area (Å²) in [5.41, 5.74) is 2.09. The van der Waals surface area contributed by atoms with E-state index in [1.165, 1.54) is 56.9 Å². The highest BCUT2D eigenvalue weighted by atomic mass is 16.1. The van der Waals surface area contributed by atoms with Crippen LogP contribution in [0, 0.1) is 5.92 Å². The van der Waals surface area contributed by atoms with E-state index in [9.17, 15) is 4.79 Å². The molecule has 0 amide bonds. The number of unbranched alkanes of at least 4 members (excludes halogenated alkanes) is 1. The Bertz CT molecular complexity index is 364. The van der Waals surface area contributed by atoms with Crippen LogP contribution in [0.3, 0.4) is 0 Å². The number of carbonyl (C=O) groups excluding carboxylic acids is 1. The smallest absolute Gasteiger partial charge is 0.150 e. The van der Waals surface area contributed by atoms with Gasteiger partial charge in [0.2, 0.25) is 0 Å². The Morgan fingerprint density at radius 1 is 1.06 bits per heavy atom. The molecule has 1 heteroatoms. The fourth-order valence-electron chi connectivity index (χ4n) is 3.10. The van der Waals surface area contributed by atoms with E-state index < -0.39 is 0 Å². The molecule has 1 saturated carbocycles. The third kappa shape index (κ3) is 3.97. The van der Waals surface area contributed by atoms with E-state index in [0.717, 1.165) is 24.2 Å². The molecule has 1 aliphatic rings. The quantitative estimate of drug-likeness (QED) is 0.519. The maximum atomic E-state index is 10.9. The van der Waals surface area contributed by atoms with Crippen molar-refractivity contribution in [3.63, 3.8) is 0 Å². The molecule has 0 unspecified atom stereocenters. The van der Waals surface area contributed by atoms with Crippen molar-refractivity contribution >= 4 is 6.29 Å². The molecule has 98 valence electrons. The van der Waals surface area contributed by atoms with Crippen molar-refractivity contribution in [3.05, 3.63) is 35.4 Å². The third-order valence-corrected chi connectivity index (χ3v) is 4.22. The Kier molecular flexibility index (Phi) is 5.44. The molecular formula is C17H24O. The Morgan fingerprint density at radius 2 is 1.83 bits per heavy atom. The number of carbonyl (C=O) groups is 1. The molecule has 0 N–H and O–H groups in total. The number of aryl methyl sites for hydroxylation is 1. The van der Waals surface area contributed by atoms with Crippen LogP contribution < -0.4 is 0 Å². The topological polar surface area (TPSA) is 17.1 Å². The van der Waals surface area contributed by atoms with Crippen LogP contribution in [0.15, 0.2) is 24.3 Å². The van der Waals surface area contributed by atoms with Crippen LogP contribution >= 0.6 is 0 Å². The van der Waals surface area contributed by atoms with Crippen LogP contribution in [0.2, 0.25) is 0 Å². The van der Waals surface area contributed by atoms with Crippen LogP contribution in [0.1, 0.15) is 67.3 Å². The highest BCUT2D eigenvalue weighted by Gasteiger charge is 2.12. The summed E-state index contributed by atoms with van der Waals surface area (Å²) in [5, 5.41) is 0. The zero-order chi connectivity index (χ0) is 12.6. The summed E-state index contributed by atoms with van der Waals surface area (Å²) in [5.74, 6) is 0.986. The minimum absolute atomic E-state index is 0.871. The van der Waals surface area contributed by atoms with Gasteiger partial charge < -0.3 is 0 Å². The predicted octanol–water partition coefficient (Wildman–Crippen LogP) is 4.79. The Hall–Kier alpha value is -1.11. The largest absolute Gasteiger partial charge is 0.298 e. The second kappa shape index (κ2) is 7.35. The second-order valence-corrected chi connectivity index (χ2v) is 5.57. The van der Waals surface area contributed by atoms with Crippen molar-refractivity contribution in [2.75, 3.05) is 0 Å². The highest BCUT2D eigenvalue weighted by Crippen LogP contribution is 2.28. The molecule has 0 atom stereocenters. The van der Waals surface area contributed by atoms with E-state index in [4.69, 9.17) is 0 Å². The van der Waals surface area contributed by atoms with Crippen molar-refractivity contribution in [1.82, 2.24) is 0 Å². The van der Waals surface area contributed by atoms with E-state index >= 15 is 0 Å². The Balaban J connectivity index is 1.69. The highest BCUT2D eigenvalue weighted by molar-refractivity contribution is 5.77. The molecule has 2 rings (SSSR count). The van der Waals surface area contributed by atoms with E-state index in [1.54, 1.807) is 0 Å². The molecule has 0 bridgehead atoms. The van der Waals surface area contributed by atoms with Crippen molar-refractivity contribution in [3.8, 4) is 0 Å². The molecule has 1 fully saturated rings. The van der Waals surface area contributed by atoms with Crippen molar-refractivity contribution in [2.45, 2.75) is 57.8 Å². The normalized spacial score (nSPS) is 16.7. The van der Waals surface area contributed by atoms with Gasteiger partial charge in [0.25, 0.3) is 0 Å². The monoisotopic (exact) mass is 244 g/mol. The first-order valence-corrected chi connectivity index (χ1v) is 7.43. The van der Waals surface area contributed by atoms with Crippen LogP contribution in [0.25, 0.3) is 0 Å². The van der Waals surface area contributed by atoms with E-state index in [2.05, 4.69) is 6.07 Å². The molecule has 18 heavy (non-hydrogen) atoms. The van der Waals surface area contributed by atoms with Gasteiger partial charge in [-0.15, -0.1) is 0 Å². The number of hydrogen-bond acceptors (Lipinski definition) is 1. The SMILES string of the molecule is O=Cc1ccccc1CCCCC1CCCCC1. The molecule has 1 aromatic rings. The molecule has 1 nitrogen and oxygen atoms in total. The summed E-state index contributed by atoms with van der Waals surface area (Å²) in [6, 6.07) is 7.98. The first-order chi connectivity index (χ1) is 8.90. The fraction of sp³-hybridized carbons (Fsp3) is 0.588. The Labute approximate surface area is 111 Å². The van der Waals surface area contributed by atoms with Gasteiger partial charge in [-0.05, 0) is 24.3 Å². The number of aldehydes is 1. The van der Waals surface area contributed by atoms with Gasteiger partial charge >= 0.3 is 0 Å². The summed E-state index contributed by atoms with van der Waals surface area (Å²) >= 11 is 0. The fourth-order valence-corrected chi connectivity index (χ4v) is 3.10. The average Bonchev–Trinajstić information content (AvgIpc) is 2.45. The summed E-state index contributed by atoms with van der Waals surface area (Å²) in [7, 11) is 0. The van der Waals surface area contributed by atoms with Gasteiger partial charge in [-0.3, -0.25) is 4.79 Å². The maximum absolute atomic E-state index is 10.9. The van der Waals surface area contributed by atoms with Crippen LogP contribution in [0.4, 0.5) is 0 Å². The maximum Gasteiger partial charge on any atom is 0.150 e. The first kappa shape index (κ1) is 13.3. The van der Waals surface area contributed by atoms with Gasteiger partial charge in [0.15, 0.2) is 0 Å². The molecule has 0 heterocycles. The van der Waals surface area contributed by atoms with Gasteiger partial charge in [0, 0.05) is 5.56 Å². The predicted molar refractivity (Wildman–Crippen MR) is 76.0 cm³/mol. The summed E-state index contributed by atoms with van der Waals surface area (Å²) in [4.78, 5) is 10.9. The lowest BCUT2D eigenvalue weighted by Crippen LogP contribution is -2.06. The van der Waals surface area contributed by atoms with Gasteiger partial charge in [-0.1, -0.05) is 69.2 Å². The van der Waals surface area contributed by atoms with Crippen molar-refractivity contribution in [2.24, 2.45) is 5.92 Å².